The lowest BCUT2D eigenvalue weighted by Gasteiger charge is -2.10. The van der Waals surface area contributed by atoms with E-state index in [2.05, 4.69) is 0 Å². The number of halogens is 4. The van der Waals surface area contributed by atoms with Crippen molar-refractivity contribution in [1.29, 1.82) is 0 Å². The van der Waals surface area contributed by atoms with E-state index < -0.39 is 24.8 Å². The molecule has 0 aliphatic carbocycles. The first-order valence-corrected chi connectivity index (χ1v) is 4.29. The average Bonchev–Trinajstić information content (AvgIpc) is 2.12. The van der Waals surface area contributed by atoms with Crippen LogP contribution in [-0.2, 0) is 6.42 Å². The van der Waals surface area contributed by atoms with Gasteiger partial charge < -0.3 is 5.11 Å². The molecule has 0 aliphatic rings. The van der Waals surface area contributed by atoms with Crippen LogP contribution in [0, 0.1) is 5.82 Å². The SMILES string of the molecule is OC(Cc1cccc(Cl)c1F)C(F)F. The van der Waals surface area contributed by atoms with Gasteiger partial charge in [0.15, 0.2) is 0 Å². The molecule has 0 spiro atoms. The van der Waals surface area contributed by atoms with Gasteiger partial charge in [-0.05, 0) is 11.6 Å². The largest absolute Gasteiger partial charge is 0.387 e. The second-order valence-electron chi connectivity index (χ2n) is 2.82. The Labute approximate surface area is 84.1 Å². The minimum absolute atomic E-state index is 0.00898. The first-order valence-electron chi connectivity index (χ1n) is 3.91. The van der Waals surface area contributed by atoms with Gasteiger partial charge in [-0.2, -0.15) is 0 Å². The molecule has 0 heterocycles. The van der Waals surface area contributed by atoms with Crippen molar-refractivity contribution in [3.63, 3.8) is 0 Å². The van der Waals surface area contributed by atoms with Crippen molar-refractivity contribution in [2.45, 2.75) is 19.0 Å². The summed E-state index contributed by atoms with van der Waals surface area (Å²) in [7, 11) is 0. The minimum atomic E-state index is -2.88. The molecule has 0 aromatic heterocycles. The van der Waals surface area contributed by atoms with Gasteiger partial charge in [0.25, 0.3) is 6.43 Å². The van der Waals surface area contributed by atoms with Crippen LogP contribution >= 0.6 is 11.6 Å². The maximum Gasteiger partial charge on any atom is 0.264 e. The highest BCUT2D eigenvalue weighted by Gasteiger charge is 2.19. The van der Waals surface area contributed by atoms with Crippen molar-refractivity contribution in [1.82, 2.24) is 0 Å². The Hall–Kier alpha value is -0.740. The third kappa shape index (κ3) is 2.62. The molecule has 1 aromatic carbocycles. The molecule has 5 heteroatoms. The van der Waals surface area contributed by atoms with Crippen molar-refractivity contribution >= 4 is 11.6 Å². The van der Waals surface area contributed by atoms with Gasteiger partial charge in [-0.25, -0.2) is 13.2 Å². The standard InChI is InChI=1S/C9H8ClF3O/c10-6-3-1-2-5(8(6)11)4-7(14)9(12)13/h1-3,7,9,14H,4H2. The van der Waals surface area contributed by atoms with Crippen LogP contribution in [0.1, 0.15) is 5.56 Å². The van der Waals surface area contributed by atoms with E-state index in [1.807, 2.05) is 0 Å². The summed E-state index contributed by atoms with van der Waals surface area (Å²) in [6, 6.07) is 4.07. The van der Waals surface area contributed by atoms with E-state index in [0.29, 0.717) is 0 Å². The number of aliphatic hydroxyl groups excluding tert-OH is 1. The number of alkyl halides is 2. The second-order valence-corrected chi connectivity index (χ2v) is 3.23. The molecule has 1 unspecified atom stereocenters. The highest BCUT2D eigenvalue weighted by Crippen LogP contribution is 2.20. The zero-order valence-corrected chi connectivity index (χ0v) is 7.81. The first kappa shape index (κ1) is 11.3. The van der Waals surface area contributed by atoms with Crippen LogP contribution in [0.5, 0.6) is 0 Å². The van der Waals surface area contributed by atoms with Gasteiger partial charge in [0.2, 0.25) is 0 Å². The molecule has 1 rings (SSSR count). The van der Waals surface area contributed by atoms with Crippen LogP contribution < -0.4 is 0 Å². The molecule has 0 saturated heterocycles. The molecule has 0 saturated carbocycles. The molecule has 0 bridgehead atoms. The Balaban J connectivity index is 2.82. The maximum absolute atomic E-state index is 13.1. The van der Waals surface area contributed by atoms with Gasteiger partial charge in [0, 0.05) is 6.42 Å². The van der Waals surface area contributed by atoms with Crippen molar-refractivity contribution in [2.24, 2.45) is 0 Å². The first-order chi connectivity index (χ1) is 6.52. The Kier molecular flexibility index (Phi) is 3.77. The van der Waals surface area contributed by atoms with E-state index in [4.69, 9.17) is 16.7 Å². The summed E-state index contributed by atoms with van der Waals surface area (Å²) in [6.45, 7) is 0. The van der Waals surface area contributed by atoms with Crippen LogP contribution in [0.3, 0.4) is 0 Å². The Morgan fingerprint density at radius 3 is 2.57 bits per heavy atom. The molecule has 0 fully saturated rings. The molecular weight excluding hydrogens is 217 g/mol. The lowest BCUT2D eigenvalue weighted by molar-refractivity contribution is -0.00405. The lowest BCUT2D eigenvalue weighted by atomic mass is 10.1. The Morgan fingerprint density at radius 2 is 2.00 bits per heavy atom. The van der Waals surface area contributed by atoms with E-state index in [0.717, 1.165) is 0 Å². The van der Waals surface area contributed by atoms with E-state index in [-0.39, 0.29) is 10.6 Å². The predicted molar refractivity (Wildman–Crippen MR) is 47.1 cm³/mol. The number of aliphatic hydroxyl groups is 1. The van der Waals surface area contributed by atoms with Gasteiger partial charge in [-0.1, -0.05) is 23.7 Å². The molecule has 14 heavy (non-hydrogen) atoms. The summed E-state index contributed by atoms with van der Waals surface area (Å²) in [5.74, 6) is -0.756. The number of benzene rings is 1. The zero-order valence-electron chi connectivity index (χ0n) is 7.05. The van der Waals surface area contributed by atoms with Gasteiger partial charge in [0.1, 0.15) is 11.9 Å². The molecule has 0 amide bonds. The number of hydrogen-bond acceptors (Lipinski definition) is 1. The molecule has 1 N–H and O–H groups in total. The monoisotopic (exact) mass is 224 g/mol. The molecular formula is C9H8ClF3O. The fraction of sp³-hybridized carbons (Fsp3) is 0.333. The summed E-state index contributed by atoms with van der Waals surface area (Å²) in [4.78, 5) is 0. The Bertz CT molecular complexity index is 317. The van der Waals surface area contributed by atoms with Gasteiger partial charge in [0.05, 0.1) is 5.02 Å². The summed E-state index contributed by atoms with van der Waals surface area (Å²) in [5, 5.41) is 8.70. The molecule has 1 aromatic rings. The minimum Gasteiger partial charge on any atom is -0.387 e. The highest BCUT2D eigenvalue weighted by atomic mass is 35.5. The van der Waals surface area contributed by atoms with Crippen LogP contribution in [0.25, 0.3) is 0 Å². The topological polar surface area (TPSA) is 20.2 Å². The highest BCUT2D eigenvalue weighted by molar-refractivity contribution is 6.30. The molecule has 0 radical (unpaired) electrons. The van der Waals surface area contributed by atoms with Crippen molar-refractivity contribution in [3.8, 4) is 0 Å². The third-order valence-electron chi connectivity index (χ3n) is 1.75. The fourth-order valence-corrected chi connectivity index (χ4v) is 1.21. The predicted octanol–water partition coefficient (Wildman–Crippen LogP) is 2.65. The smallest absolute Gasteiger partial charge is 0.264 e. The molecule has 78 valence electrons. The van der Waals surface area contributed by atoms with Crippen LogP contribution in [0.4, 0.5) is 13.2 Å². The van der Waals surface area contributed by atoms with Crippen LogP contribution in [0.15, 0.2) is 18.2 Å². The number of hydrogen-bond donors (Lipinski definition) is 1. The van der Waals surface area contributed by atoms with Crippen molar-refractivity contribution in [2.75, 3.05) is 0 Å². The van der Waals surface area contributed by atoms with E-state index >= 15 is 0 Å². The fourth-order valence-electron chi connectivity index (χ4n) is 1.02. The summed E-state index contributed by atoms with van der Waals surface area (Å²) in [5.41, 5.74) is -0.00898. The lowest BCUT2D eigenvalue weighted by Crippen LogP contribution is -2.20. The summed E-state index contributed by atoms with van der Waals surface area (Å²) < 4.78 is 37.0. The van der Waals surface area contributed by atoms with E-state index in [1.54, 1.807) is 0 Å². The van der Waals surface area contributed by atoms with E-state index in [9.17, 15) is 13.2 Å². The number of rotatable bonds is 3. The van der Waals surface area contributed by atoms with E-state index in [1.165, 1.54) is 18.2 Å². The van der Waals surface area contributed by atoms with Gasteiger partial charge in [-0.3, -0.25) is 0 Å². The molecule has 1 nitrogen and oxygen atoms in total. The zero-order chi connectivity index (χ0) is 10.7. The molecule has 1 atom stereocenters. The average molecular weight is 225 g/mol. The Morgan fingerprint density at radius 1 is 1.36 bits per heavy atom. The van der Waals surface area contributed by atoms with Crippen LogP contribution in [0.2, 0.25) is 5.02 Å². The van der Waals surface area contributed by atoms with Gasteiger partial charge in [-0.15, -0.1) is 0 Å². The summed E-state index contributed by atoms with van der Waals surface area (Å²) in [6.07, 6.45) is -5.18. The third-order valence-corrected chi connectivity index (χ3v) is 2.04. The molecule has 0 aliphatic heterocycles. The quantitative estimate of drug-likeness (QED) is 0.837. The van der Waals surface area contributed by atoms with Crippen molar-refractivity contribution in [3.05, 3.63) is 34.6 Å². The summed E-state index contributed by atoms with van der Waals surface area (Å²) >= 11 is 5.43. The van der Waals surface area contributed by atoms with Gasteiger partial charge >= 0.3 is 0 Å². The van der Waals surface area contributed by atoms with Crippen LogP contribution in [-0.4, -0.2) is 17.6 Å². The second kappa shape index (κ2) is 4.66. The van der Waals surface area contributed by atoms with Crippen molar-refractivity contribution < 1.29 is 18.3 Å². The normalized spacial score (nSPS) is 13.3. The maximum atomic E-state index is 13.1.